The molecule has 7 heteroatoms. The second-order valence-electron chi connectivity index (χ2n) is 6.38. The van der Waals surface area contributed by atoms with Crippen molar-refractivity contribution in [1.82, 2.24) is 5.32 Å². The number of carbonyl (C=O) groups is 3. The van der Waals surface area contributed by atoms with Crippen molar-refractivity contribution in [3.8, 4) is 0 Å². The Kier molecular flexibility index (Phi) is 7.94. The summed E-state index contributed by atoms with van der Waals surface area (Å²) in [5.41, 5.74) is 5.49. The van der Waals surface area contributed by atoms with Crippen LogP contribution in [-0.2, 0) is 14.4 Å². The lowest BCUT2D eigenvalue weighted by Crippen LogP contribution is -2.46. The summed E-state index contributed by atoms with van der Waals surface area (Å²) in [6, 6.07) is -1.08. The molecule has 1 unspecified atom stereocenters. The number of amides is 1. The molecule has 0 radical (unpaired) electrons. The topological polar surface area (TPSA) is 130 Å². The number of hydrogen-bond acceptors (Lipinski definition) is 4. The number of rotatable bonds is 9. The van der Waals surface area contributed by atoms with E-state index < -0.39 is 29.8 Å². The summed E-state index contributed by atoms with van der Waals surface area (Å²) in [5.74, 6) is -3.00. The average Bonchev–Trinajstić information content (AvgIpc) is 2.32. The van der Waals surface area contributed by atoms with E-state index in [9.17, 15) is 14.4 Å². The van der Waals surface area contributed by atoms with Crippen LogP contribution in [0, 0.1) is 11.3 Å². The summed E-state index contributed by atoms with van der Waals surface area (Å²) in [5, 5.41) is 20.1. The summed E-state index contributed by atoms with van der Waals surface area (Å²) in [7, 11) is 0. The molecule has 0 aliphatic heterocycles. The maximum Gasteiger partial charge on any atom is 0.326 e. The van der Waals surface area contributed by atoms with Crippen LogP contribution in [0.3, 0.4) is 0 Å². The zero-order chi connectivity index (χ0) is 16.6. The first-order chi connectivity index (χ1) is 9.56. The van der Waals surface area contributed by atoms with E-state index in [1.165, 1.54) is 0 Å². The van der Waals surface area contributed by atoms with E-state index in [1.807, 2.05) is 20.8 Å². The van der Waals surface area contributed by atoms with E-state index in [1.54, 1.807) is 0 Å². The molecule has 2 atom stereocenters. The Hall–Kier alpha value is -1.63. The van der Waals surface area contributed by atoms with Crippen molar-refractivity contribution >= 4 is 17.8 Å². The van der Waals surface area contributed by atoms with Crippen molar-refractivity contribution in [3.63, 3.8) is 0 Å². The molecule has 0 aliphatic rings. The van der Waals surface area contributed by atoms with Crippen LogP contribution in [0.25, 0.3) is 0 Å². The summed E-state index contributed by atoms with van der Waals surface area (Å²) in [6.45, 7) is 6.07. The van der Waals surface area contributed by atoms with Gasteiger partial charge in [0.2, 0.25) is 5.91 Å². The quantitative estimate of drug-likeness (QED) is 0.499. The van der Waals surface area contributed by atoms with Crippen molar-refractivity contribution in [2.45, 2.75) is 52.5 Å². The number of carboxylic acid groups (broad SMARTS) is 2. The highest BCUT2D eigenvalue weighted by molar-refractivity contribution is 5.85. The fraction of sp³-hybridized carbons (Fsp3) is 0.786. The highest BCUT2D eigenvalue weighted by atomic mass is 16.4. The third kappa shape index (κ3) is 9.01. The van der Waals surface area contributed by atoms with Gasteiger partial charge >= 0.3 is 11.9 Å². The first-order valence-corrected chi connectivity index (χ1v) is 7.02. The molecule has 0 aromatic heterocycles. The number of nitrogens with one attached hydrogen (secondary N) is 1. The van der Waals surface area contributed by atoms with Gasteiger partial charge in [0.25, 0.3) is 0 Å². The van der Waals surface area contributed by atoms with E-state index in [2.05, 4.69) is 5.32 Å². The van der Waals surface area contributed by atoms with E-state index in [4.69, 9.17) is 15.9 Å². The third-order valence-electron chi connectivity index (χ3n) is 3.01. The molecule has 1 amide bonds. The number of carbonyl (C=O) groups excluding carboxylic acids is 1. The van der Waals surface area contributed by atoms with Crippen LogP contribution in [-0.4, -0.2) is 40.6 Å². The van der Waals surface area contributed by atoms with E-state index >= 15 is 0 Å². The molecule has 0 rings (SSSR count). The number of nitrogens with two attached hydrogens (primary N) is 1. The predicted molar refractivity (Wildman–Crippen MR) is 77.7 cm³/mol. The maximum absolute atomic E-state index is 12.1. The molecular formula is C14H26N2O5. The Balaban J connectivity index is 4.57. The Morgan fingerprint density at radius 1 is 1.19 bits per heavy atom. The lowest BCUT2D eigenvalue weighted by atomic mass is 9.84. The van der Waals surface area contributed by atoms with Crippen LogP contribution in [0.1, 0.15) is 46.5 Å². The van der Waals surface area contributed by atoms with Crippen LogP contribution in [0.15, 0.2) is 0 Å². The molecule has 5 N–H and O–H groups in total. The lowest BCUT2D eigenvalue weighted by molar-refractivity contribution is -0.143. The van der Waals surface area contributed by atoms with Gasteiger partial charge in [-0.3, -0.25) is 9.59 Å². The van der Waals surface area contributed by atoms with Gasteiger partial charge < -0.3 is 21.3 Å². The van der Waals surface area contributed by atoms with Gasteiger partial charge in [-0.15, -0.1) is 0 Å². The molecule has 0 saturated heterocycles. The molecule has 0 aromatic rings. The normalized spacial score (nSPS) is 14.3. The molecule has 122 valence electrons. The maximum atomic E-state index is 12.1. The van der Waals surface area contributed by atoms with Crippen LogP contribution < -0.4 is 11.1 Å². The van der Waals surface area contributed by atoms with Crippen molar-refractivity contribution in [1.29, 1.82) is 0 Å². The van der Waals surface area contributed by atoms with Gasteiger partial charge in [0.05, 0.1) is 5.92 Å². The average molecular weight is 302 g/mol. The second-order valence-corrected chi connectivity index (χ2v) is 6.38. The smallest absolute Gasteiger partial charge is 0.326 e. The van der Waals surface area contributed by atoms with Crippen molar-refractivity contribution in [3.05, 3.63) is 0 Å². The Bertz CT molecular complexity index is 376. The van der Waals surface area contributed by atoms with Gasteiger partial charge in [-0.2, -0.15) is 0 Å². The minimum absolute atomic E-state index is 0.0835. The minimum Gasteiger partial charge on any atom is -0.481 e. The SMILES string of the molecule is CC(C)(C)CC(CN)C(=O)N[C@H](CCCC(=O)O)C(=O)O. The zero-order valence-electron chi connectivity index (χ0n) is 12.9. The molecule has 0 aliphatic carbocycles. The first kappa shape index (κ1) is 19.4. The zero-order valence-corrected chi connectivity index (χ0v) is 12.9. The first-order valence-electron chi connectivity index (χ1n) is 7.02. The van der Waals surface area contributed by atoms with Gasteiger partial charge in [0, 0.05) is 13.0 Å². The van der Waals surface area contributed by atoms with E-state index in [0.29, 0.717) is 6.42 Å². The van der Waals surface area contributed by atoms with E-state index in [-0.39, 0.29) is 31.2 Å². The van der Waals surface area contributed by atoms with Crippen LogP contribution in [0.2, 0.25) is 0 Å². The van der Waals surface area contributed by atoms with E-state index in [0.717, 1.165) is 0 Å². The third-order valence-corrected chi connectivity index (χ3v) is 3.01. The highest BCUT2D eigenvalue weighted by Gasteiger charge is 2.27. The monoisotopic (exact) mass is 302 g/mol. The number of aliphatic carboxylic acids is 2. The van der Waals surface area contributed by atoms with Gasteiger partial charge in [-0.25, -0.2) is 4.79 Å². The number of hydrogen-bond donors (Lipinski definition) is 4. The Morgan fingerprint density at radius 2 is 1.76 bits per heavy atom. The molecule has 0 heterocycles. The van der Waals surface area contributed by atoms with Crippen LogP contribution in [0.5, 0.6) is 0 Å². The molecule has 0 saturated carbocycles. The molecular weight excluding hydrogens is 276 g/mol. The standard InChI is InChI=1S/C14H26N2O5/c1-14(2,3)7-9(8-15)12(19)16-10(13(20)21)5-4-6-11(17)18/h9-10H,4-8,15H2,1-3H3,(H,16,19)(H,17,18)(H,20,21)/t9?,10-/m1/s1. The fourth-order valence-corrected chi connectivity index (χ4v) is 2.03. The molecule has 0 fully saturated rings. The molecule has 0 bridgehead atoms. The van der Waals surface area contributed by atoms with Gasteiger partial charge in [-0.1, -0.05) is 20.8 Å². The van der Waals surface area contributed by atoms with Gasteiger partial charge in [0.1, 0.15) is 6.04 Å². The highest BCUT2D eigenvalue weighted by Crippen LogP contribution is 2.24. The van der Waals surface area contributed by atoms with Gasteiger partial charge in [0.15, 0.2) is 0 Å². The summed E-state index contributed by atoms with van der Waals surface area (Å²) >= 11 is 0. The molecule has 0 spiro atoms. The Labute approximate surface area is 124 Å². The van der Waals surface area contributed by atoms with Crippen molar-refractivity contribution < 1.29 is 24.6 Å². The summed E-state index contributed by atoms with van der Waals surface area (Å²) in [4.78, 5) is 33.6. The van der Waals surface area contributed by atoms with Crippen molar-refractivity contribution in [2.75, 3.05) is 6.54 Å². The predicted octanol–water partition coefficient (Wildman–Crippen LogP) is 0.822. The van der Waals surface area contributed by atoms with Gasteiger partial charge in [-0.05, 0) is 24.7 Å². The minimum atomic E-state index is -1.17. The fourth-order valence-electron chi connectivity index (χ4n) is 2.03. The lowest BCUT2D eigenvalue weighted by Gasteiger charge is -2.25. The largest absolute Gasteiger partial charge is 0.481 e. The molecule has 7 nitrogen and oxygen atoms in total. The molecule has 0 aromatic carbocycles. The molecule has 21 heavy (non-hydrogen) atoms. The Morgan fingerprint density at radius 3 is 2.14 bits per heavy atom. The second kappa shape index (κ2) is 8.61. The van der Waals surface area contributed by atoms with Crippen LogP contribution in [0.4, 0.5) is 0 Å². The summed E-state index contributed by atoms with van der Waals surface area (Å²) in [6.07, 6.45) is 0.706. The van der Waals surface area contributed by atoms with Crippen molar-refractivity contribution in [2.24, 2.45) is 17.1 Å². The summed E-state index contributed by atoms with van der Waals surface area (Å²) < 4.78 is 0. The number of carboxylic acids is 2. The van der Waals surface area contributed by atoms with Crippen LogP contribution >= 0.6 is 0 Å².